The minimum absolute atomic E-state index is 0.0215. The van der Waals surface area contributed by atoms with Gasteiger partial charge in [-0.3, -0.25) is 4.79 Å². The first-order valence-electron chi connectivity index (χ1n) is 7.25. The Kier molecular flexibility index (Phi) is 4.03. The van der Waals surface area contributed by atoms with Crippen LogP contribution in [0.3, 0.4) is 0 Å². The van der Waals surface area contributed by atoms with Crippen molar-refractivity contribution in [2.75, 3.05) is 6.61 Å². The zero-order chi connectivity index (χ0) is 17.3. The van der Waals surface area contributed by atoms with Crippen LogP contribution in [-0.2, 0) is 11.2 Å². The second-order valence-corrected chi connectivity index (χ2v) is 5.06. The number of esters is 1. The number of aromatic nitrogens is 3. The Morgan fingerprint density at radius 2 is 2.17 bits per heavy atom. The molecule has 0 radical (unpaired) electrons. The molecule has 0 saturated heterocycles. The third kappa shape index (κ3) is 2.62. The van der Waals surface area contributed by atoms with Gasteiger partial charge in [0.05, 0.1) is 18.4 Å². The summed E-state index contributed by atoms with van der Waals surface area (Å²) < 4.78 is 19.7. The number of ether oxygens (including phenoxy) is 1. The summed E-state index contributed by atoms with van der Waals surface area (Å²) in [6.07, 6.45) is 1.08. The van der Waals surface area contributed by atoms with Crippen LogP contribution >= 0.6 is 0 Å². The fourth-order valence-electron chi connectivity index (χ4n) is 2.39. The van der Waals surface area contributed by atoms with E-state index in [0.717, 1.165) is 4.52 Å². The summed E-state index contributed by atoms with van der Waals surface area (Å²) in [5.74, 6) is -1.60. The number of nitrogens with zero attached hydrogens (tertiary/aromatic N) is 2. The first-order valence-corrected chi connectivity index (χ1v) is 7.25. The predicted molar refractivity (Wildman–Crippen MR) is 82.6 cm³/mol. The number of carbonyl (C=O) groups is 1. The molecule has 0 aliphatic carbocycles. The highest BCUT2D eigenvalue weighted by atomic mass is 19.1. The summed E-state index contributed by atoms with van der Waals surface area (Å²) >= 11 is 0. The van der Waals surface area contributed by atoms with Crippen molar-refractivity contribution >= 4 is 11.6 Å². The van der Waals surface area contributed by atoms with E-state index in [1.54, 1.807) is 13.0 Å². The van der Waals surface area contributed by atoms with Crippen molar-refractivity contribution in [3.8, 4) is 5.88 Å². The first kappa shape index (κ1) is 15.7. The van der Waals surface area contributed by atoms with Crippen LogP contribution in [0.15, 0.2) is 35.3 Å². The topological polar surface area (TPSA) is 96.7 Å². The van der Waals surface area contributed by atoms with Gasteiger partial charge in [0.1, 0.15) is 11.4 Å². The van der Waals surface area contributed by atoms with E-state index in [2.05, 4.69) is 10.1 Å². The molecule has 1 aromatic carbocycles. The minimum atomic E-state index is -0.663. The predicted octanol–water partition coefficient (Wildman–Crippen LogP) is 1.63. The molecule has 3 rings (SSSR count). The van der Waals surface area contributed by atoms with Crippen molar-refractivity contribution in [2.24, 2.45) is 0 Å². The number of rotatable bonds is 4. The standard InChI is InChI=1S/C16H14FN3O4/c1-2-24-16(23)11-8-18-20-13(11)19-14(21)10(15(20)22)7-9-5-3-4-6-12(9)17/h3-6,8,22H,2,7H2,1H3,(H,19,21). The molecule has 0 unspecified atom stereocenters. The molecule has 0 fully saturated rings. The van der Waals surface area contributed by atoms with E-state index in [9.17, 15) is 19.1 Å². The van der Waals surface area contributed by atoms with Crippen LogP contribution in [-0.4, -0.2) is 32.3 Å². The van der Waals surface area contributed by atoms with Crippen LogP contribution in [0.25, 0.3) is 5.65 Å². The second kappa shape index (κ2) is 6.15. The summed E-state index contributed by atoms with van der Waals surface area (Å²) in [6, 6.07) is 5.96. The van der Waals surface area contributed by atoms with Crippen molar-refractivity contribution in [1.82, 2.24) is 14.6 Å². The maximum Gasteiger partial charge on any atom is 0.343 e. The molecule has 2 aromatic heterocycles. The van der Waals surface area contributed by atoms with E-state index < -0.39 is 23.2 Å². The monoisotopic (exact) mass is 331 g/mol. The average molecular weight is 331 g/mol. The molecule has 0 bridgehead atoms. The molecule has 7 nitrogen and oxygen atoms in total. The lowest BCUT2D eigenvalue weighted by Gasteiger charge is -2.07. The molecule has 2 N–H and O–H groups in total. The number of halogens is 1. The lowest BCUT2D eigenvalue weighted by Crippen LogP contribution is -2.17. The van der Waals surface area contributed by atoms with E-state index in [0.29, 0.717) is 0 Å². The van der Waals surface area contributed by atoms with E-state index in [4.69, 9.17) is 4.74 Å². The zero-order valence-corrected chi connectivity index (χ0v) is 12.7. The van der Waals surface area contributed by atoms with Gasteiger partial charge in [-0.2, -0.15) is 9.61 Å². The van der Waals surface area contributed by atoms with Gasteiger partial charge in [-0.25, -0.2) is 9.18 Å². The van der Waals surface area contributed by atoms with Crippen LogP contribution in [0.1, 0.15) is 28.4 Å². The number of benzene rings is 1. The Labute approximate surface area is 135 Å². The summed E-state index contributed by atoms with van der Waals surface area (Å²) in [5, 5.41) is 14.2. The molecule has 24 heavy (non-hydrogen) atoms. The molecule has 0 aliphatic rings. The van der Waals surface area contributed by atoms with Gasteiger partial charge in [-0.15, -0.1) is 0 Å². The fourth-order valence-corrected chi connectivity index (χ4v) is 2.39. The summed E-state index contributed by atoms with van der Waals surface area (Å²) in [5.41, 5.74) is -0.370. The summed E-state index contributed by atoms with van der Waals surface area (Å²) in [7, 11) is 0. The smallest absolute Gasteiger partial charge is 0.343 e. The van der Waals surface area contributed by atoms with Crippen molar-refractivity contribution in [1.29, 1.82) is 0 Å². The van der Waals surface area contributed by atoms with Gasteiger partial charge >= 0.3 is 5.97 Å². The van der Waals surface area contributed by atoms with E-state index in [-0.39, 0.29) is 35.4 Å². The number of aromatic amines is 1. The van der Waals surface area contributed by atoms with Crippen molar-refractivity contribution < 1.29 is 19.0 Å². The van der Waals surface area contributed by atoms with Gasteiger partial charge in [0, 0.05) is 6.42 Å². The quantitative estimate of drug-likeness (QED) is 0.708. The lowest BCUT2D eigenvalue weighted by atomic mass is 10.1. The van der Waals surface area contributed by atoms with Gasteiger partial charge in [0.15, 0.2) is 5.65 Å². The average Bonchev–Trinajstić information content (AvgIpc) is 2.97. The Hall–Kier alpha value is -3.16. The molecule has 0 spiro atoms. The molecule has 124 valence electrons. The van der Waals surface area contributed by atoms with Crippen LogP contribution in [0.4, 0.5) is 4.39 Å². The van der Waals surface area contributed by atoms with Gasteiger partial charge in [0.25, 0.3) is 5.56 Å². The number of H-pyrrole nitrogens is 1. The number of fused-ring (bicyclic) bond motifs is 1. The molecule has 8 heteroatoms. The fraction of sp³-hybridized carbons (Fsp3) is 0.188. The van der Waals surface area contributed by atoms with Gasteiger partial charge < -0.3 is 14.8 Å². The van der Waals surface area contributed by atoms with Crippen molar-refractivity contribution in [3.63, 3.8) is 0 Å². The van der Waals surface area contributed by atoms with E-state index >= 15 is 0 Å². The van der Waals surface area contributed by atoms with E-state index in [1.807, 2.05) is 0 Å². The third-order valence-electron chi connectivity index (χ3n) is 3.57. The van der Waals surface area contributed by atoms with Crippen LogP contribution < -0.4 is 5.56 Å². The number of hydrogen-bond acceptors (Lipinski definition) is 5. The first-order chi connectivity index (χ1) is 11.5. The Balaban J connectivity index is 2.10. The Morgan fingerprint density at radius 3 is 2.88 bits per heavy atom. The van der Waals surface area contributed by atoms with Gasteiger partial charge in [0.2, 0.25) is 5.88 Å². The number of carbonyl (C=O) groups excluding carboxylic acids is 1. The van der Waals surface area contributed by atoms with E-state index in [1.165, 1.54) is 24.4 Å². The molecule has 2 heterocycles. The highest BCUT2D eigenvalue weighted by Crippen LogP contribution is 2.21. The maximum absolute atomic E-state index is 13.8. The second-order valence-electron chi connectivity index (χ2n) is 5.06. The summed E-state index contributed by atoms with van der Waals surface area (Å²) in [6.45, 7) is 1.81. The lowest BCUT2D eigenvalue weighted by molar-refractivity contribution is 0.0528. The SMILES string of the molecule is CCOC(=O)c1cnn2c(O)c(Cc3ccccc3F)c(=O)[nH]c12. The maximum atomic E-state index is 13.8. The molecular weight excluding hydrogens is 317 g/mol. The largest absolute Gasteiger partial charge is 0.493 e. The zero-order valence-electron chi connectivity index (χ0n) is 12.7. The minimum Gasteiger partial charge on any atom is -0.493 e. The molecular formula is C16H14FN3O4. The van der Waals surface area contributed by atoms with Gasteiger partial charge in [-0.1, -0.05) is 18.2 Å². The third-order valence-corrected chi connectivity index (χ3v) is 3.57. The summed E-state index contributed by atoms with van der Waals surface area (Å²) in [4.78, 5) is 26.6. The van der Waals surface area contributed by atoms with Crippen molar-refractivity contribution in [2.45, 2.75) is 13.3 Å². The Morgan fingerprint density at radius 1 is 1.42 bits per heavy atom. The Bertz CT molecular complexity index is 977. The van der Waals surface area contributed by atoms with Crippen LogP contribution in [0.5, 0.6) is 5.88 Å². The van der Waals surface area contributed by atoms with Gasteiger partial charge in [-0.05, 0) is 18.6 Å². The number of hydrogen-bond donors (Lipinski definition) is 2. The van der Waals surface area contributed by atoms with Crippen LogP contribution in [0, 0.1) is 5.82 Å². The van der Waals surface area contributed by atoms with Crippen molar-refractivity contribution in [3.05, 3.63) is 63.3 Å². The normalized spacial score (nSPS) is 10.9. The molecule has 3 aromatic rings. The molecule has 0 saturated carbocycles. The highest BCUT2D eigenvalue weighted by Gasteiger charge is 2.20. The molecule has 0 amide bonds. The molecule has 0 atom stereocenters. The van der Waals surface area contributed by atoms with Crippen LogP contribution in [0.2, 0.25) is 0 Å². The number of aromatic hydroxyl groups is 1. The highest BCUT2D eigenvalue weighted by molar-refractivity contribution is 5.95. The molecule has 0 aliphatic heterocycles. The number of nitrogens with one attached hydrogen (secondary N) is 1.